The molecule has 4 rings (SSSR count). The van der Waals surface area contributed by atoms with Crippen LogP contribution in [-0.4, -0.2) is 43.7 Å². The lowest BCUT2D eigenvalue weighted by molar-refractivity contribution is 0.190. The summed E-state index contributed by atoms with van der Waals surface area (Å²) < 4.78 is 19.8. The summed E-state index contributed by atoms with van der Waals surface area (Å²) >= 11 is 0. The standard InChI is InChI=1S/C21H30FN3O/c1-4-26-19-8-7-17(11-18(19)22)25-14-16-12-21(2,3)20(25)15-24(13-16)10-6-5-9-23/h7-8,11,16,20H,4-6,10,12-15H2,1-3H3. The Balaban J connectivity index is 1.82. The van der Waals surface area contributed by atoms with Crippen LogP contribution in [0.5, 0.6) is 5.75 Å². The Morgan fingerprint density at radius 3 is 2.81 bits per heavy atom. The molecule has 3 aliphatic heterocycles. The summed E-state index contributed by atoms with van der Waals surface area (Å²) in [5.41, 5.74) is 1.13. The van der Waals surface area contributed by atoms with Gasteiger partial charge in [-0.2, -0.15) is 5.26 Å². The van der Waals surface area contributed by atoms with E-state index in [-0.39, 0.29) is 11.2 Å². The first-order chi connectivity index (χ1) is 12.4. The topological polar surface area (TPSA) is 39.5 Å². The predicted octanol–water partition coefficient (Wildman–Crippen LogP) is 4.06. The molecule has 0 aliphatic carbocycles. The van der Waals surface area contributed by atoms with Gasteiger partial charge in [0, 0.05) is 43.9 Å². The van der Waals surface area contributed by atoms with Crippen molar-refractivity contribution >= 4 is 5.69 Å². The van der Waals surface area contributed by atoms with Gasteiger partial charge in [-0.25, -0.2) is 4.39 Å². The summed E-state index contributed by atoms with van der Waals surface area (Å²) in [6.07, 6.45) is 2.74. The van der Waals surface area contributed by atoms with E-state index in [1.165, 1.54) is 6.42 Å². The Labute approximate surface area is 156 Å². The highest BCUT2D eigenvalue weighted by molar-refractivity contribution is 5.52. The van der Waals surface area contributed by atoms with Crippen LogP contribution in [0.1, 0.15) is 40.0 Å². The number of unbranched alkanes of at least 4 members (excludes halogenated alkanes) is 1. The van der Waals surface area contributed by atoms with Crippen LogP contribution in [0.2, 0.25) is 0 Å². The van der Waals surface area contributed by atoms with Gasteiger partial charge in [0.25, 0.3) is 0 Å². The first kappa shape index (κ1) is 19.0. The fourth-order valence-electron chi connectivity index (χ4n) is 4.71. The van der Waals surface area contributed by atoms with Crippen molar-refractivity contribution in [2.45, 2.75) is 46.1 Å². The number of hydrogen-bond acceptors (Lipinski definition) is 4. The lowest BCUT2D eigenvalue weighted by atomic mass is 9.73. The second-order valence-electron chi connectivity index (χ2n) is 8.30. The highest BCUT2D eigenvalue weighted by Gasteiger charge is 2.45. The average molecular weight is 359 g/mol. The van der Waals surface area contributed by atoms with Gasteiger partial charge < -0.3 is 14.5 Å². The average Bonchev–Trinajstić information content (AvgIpc) is 2.83. The first-order valence-corrected chi connectivity index (χ1v) is 9.73. The fraction of sp³-hybridized carbons (Fsp3) is 0.667. The number of nitriles is 1. The van der Waals surface area contributed by atoms with Crippen molar-refractivity contribution < 1.29 is 9.13 Å². The summed E-state index contributed by atoms with van der Waals surface area (Å²) in [6.45, 7) is 11.0. The molecule has 2 atom stereocenters. The number of fused-ring (bicyclic) bond motifs is 4. The van der Waals surface area contributed by atoms with Gasteiger partial charge in [-0.15, -0.1) is 0 Å². The van der Waals surface area contributed by atoms with Gasteiger partial charge in [-0.3, -0.25) is 0 Å². The van der Waals surface area contributed by atoms with Crippen molar-refractivity contribution in [1.82, 2.24) is 4.90 Å². The van der Waals surface area contributed by atoms with Crippen molar-refractivity contribution in [3.63, 3.8) is 0 Å². The molecule has 1 aromatic rings. The van der Waals surface area contributed by atoms with Gasteiger partial charge in [0.2, 0.25) is 0 Å². The zero-order valence-corrected chi connectivity index (χ0v) is 16.2. The predicted molar refractivity (Wildman–Crippen MR) is 102 cm³/mol. The maximum atomic E-state index is 14.4. The number of nitrogens with zero attached hydrogens (tertiary/aromatic N) is 3. The molecule has 1 aromatic carbocycles. The minimum absolute atomic E-state index is 0.183. The maximum absolute atomic E-state index is 14.4. The number of anilines is 1. The van der Waals surface area contributed by atoms with E-state index in [0.29, 0.717) is 30.7 Å². The van der Waals surface area contributed by atoms with E-state index in [2.05, 4.69) is 29.7 Å². The largest absolute Gasteiger partial charge is 0.491 e. The highest BCUT2D eigenvalue weighted by atomic mass is 19.1. The normalized spacial score (nSPS) is 25.0. The number of piperidine rings is 1. The molecule has 0 aromatic heterocycles. The van der Waals surface area contributed by atoms with Crippen molar-refractivity contribution in [1.29, 1.82) is 5.26 Å². The Hall–Kier alpha value is -1.80. The van der Waals surface area contributed by atoms with E-state index >= 15 is 0 Å². The van der Waals surface area contributed by atoms with Crippen LogP contribution < -0.4 is 9.64 Å². The number of halogens is 1. The van der Waals surface area contributed by atoms with Crippen molar-refractivity contribution in [3.05, 3.63) is 24.0 Å². The summed E-state index contributed by atoms with van der Waals surface area (Å²) in [6, 6.07) is 7.96. The maximum Gasteiger partial charge on any atom is 0.167 e. The first-order valence-electron chi connectivity index (χ1n) is 9.73. The van der Waals surface area contributed by atoms with Gasteiger partial charge in [0.05, 0.1) is 12.7 Å². The van der Waals surface area contributed by atoms with Crippen LogP contribution in [0.25, 0.3) is 0 Å². The summed E-state index contributed by atoms with van der Waals surface area (Å²) in [5, 5.41) is 8.81. The van der Waals surface area contributed by atoms with Crippen LogP contribution in [0.15, 0.2) is 18.2 Å². The Morgan fingerprint density at radius 1 is 1.31 bits per heavy atom. The summed E-state index contributed by atoms with van der Waals surface area (Å²) in [5.74, 6) is 0.613. The van der Waals surface area contributed by atoms with Gasteiger partial charge in [-0.1, -0.05) is 13.8 Å². The lowest BCUT2D eigenvalue weighted by Gasteiger charge is -2.48. The molecule has 0 amide bonds. The molecular formula is C21H30FN3O. The number of benzene rings is 1. The zero-order valence-electron chi connectivity index (χ0n) is 16.2. The molecule has 0 radical (unpaired) electrons. The van der Waals surface area contributed by atoms with Crippen LogP contribution in [0, 0.1) is 28.5 Å². The quantitative estimate of drug-likeness (QED) is 0.718. The van der Waals surface area contributed by atoms with Crippen LogP contribution in [0.3, 0.4) is 0 Å². The third kappa shape index (κ3) is 3.96. The minimum atomic E-state index is -0.284. The Morgan fingerprint density at radius 2 is 2.12 bits per heavy atom. The summed E-state index contributed by atoms with van der Waals surface area (Å²) in [4.78, 5) is 4.91. The molecule has 3 aliphatic rings. The Bertz CT molecular complexity index is 670. The molecule has 26 heavy (non-hydrogen) atoms. The molecule has 5 heteroatoms. The van der Waals surface area contributed by atoms with E-state index < -0.39 is 0 Å². The molecule has 2 unspecified atom stereocenters. The summed E-state index contributed by atoms with van der Waals surface area (Å²) in [7, 11) is 0. The van der Waals surface area contributed by atoms with Gasteiger partial charge >= 0.3 is 0 Å². The van der Waals surface area contributed by atoms with Gasteiger partial charge in [-0.05, 0) is 49.8 Å². The van der Waals surface area contributed by atoms with Crippen molar-refractivity contribution in [2.24, 2.45) is 11.3 Å². The third-order valence-electron chi connectivity index (χ3n) is 5.81. The van der Waals surface area contributed by atoms with Crippen LogP contribution in [0.4, 0.5) is 10.1 Å². The minimum Gasteiger partial charge on any atom is -0.491 e. The molecule has 0 spiro atoms. The number of hydrogen-bond donors (Lipinski definition) is 0. The molecule has 3 heterocycles. The van der Waals surface area contributed by atoms with E-state index in [1.807, 2.05) is 13.0 Å². The Kier molecular flexibility index (Phi) is 5.72. The molecule has 0 N–H and O–H groups in total. The zero-order chi connectivity index (χ0) is 18.7. The van der Waals surface area contributed by atoms with E-state index in [1.54, 1.807) is 12.1 Å². The molecule has 2 bridgehead atoms. The fourth-order valence-corrected chi connectivity index (χ4v) is 4.71. The van der Waals surface area contributed by atoms with Crippen LogP contribution in [-0.2, 0) is 0 Å². The van der Waals surface area contributed by atoms with E-state index in [0.717, 1.165) is 38.3 Å². The van der Waals surface area contributed by atoms with Gasteiger partial charge in [0.15, 0.2) is 11.6 Å². The van der Waals surface area contributed by atoms with E-state index in [9.17, 15) is 4.39 Å². The second-order valence-corrected chi connectivity index (χ2v) is 8.30. The smallest absolute Gasteiger partial charge is 0.167 e. The van der Waals surface area contributed by atoms with Crippen LogP contribution >= 0.6 is 0 Å². The molecule has 142 valence electrons. The second kappa shape index (κ2) is 7.84. The molecule has 3 saturated heterocycles. The van der Waals surface area contributed by atoms with Gasteiger partial charge in [0.1, 0.15) is 0 Å². The van der Waals surface area contributed by atoms with Crippen molar-refractivity contribution in [3.8, 4) is 11.8 Å². The highest BCUT2D eigenvalue weighted by Crippen LogP contribution is 2.43. The SMILES string of the molecule is CCOc1ccc(N2CC3CN(CCCC#N)CC2C(C)(C)C3)cc1F. The molecule has 4 nitrogen and oxygen atoms in total. The van der Waals surface area contributed by atoms with Crippen molar-refractivity contribution in [2.75, 3.05) is 37.7 Å². The number of rotatable bonds is 6. The third-order valence-corrected chi connectivity index (χ3v) is 5.81. The lowest BCUT2D eigenvalue weighted by Crippen LogP contribution is -2.54. The molecule has 0 saturated carbocycles. The number of ether oxygens (including phenoxy) is 1. The van der Waals surface area contributed by atoms with E-state index in [4.69, 9.17) is 10.00 Å². The monoisotopic (exact) mass is 359 g/mol. The molecular weight excluding hydrogens is 329 g/mol. The molecule has 3 fully saturated rings.